The van der Waals surface area contributed by atoms with Crippen molar-refractivity contribution in [1.82, 2.24) is 14.6 Å². The van der Waals surface area contributed by atoms with Crippen molar-refractivity contribution in [2.24, 2.45) is 0 Å². The van der Waals surface area contributed by atoms with Crippen molar-refractivity contribution in [1.29, 1.82) is 0 Å². The van der Waals surface area contributed by atoms with Gasteiger partial charge in [0.1, 0.15) is 11.3 Å². The summed E-state index contributed by atoms with van der Waals surface area (Å²) in [6, 6.07) is 1.58. The summed E-state index contributed by atoms with van der Waals surface area (Å²) in [6.45, 7) is 3.46. The zero-order chi connectivity index (χ0) is 14.9. The average molecular weight is 303 g/mol. The Morgan fingerprint density at radius 2 is 2.15 bits per heavy atom. The van der Waals surface area contributed by atoms with Crippen molar-refractivity contribution in [3.63, 3.8) is 0 Å². The van der Waals surface area contributed by atoms with Gasteiger partial charge >= 0.3 is 12.1 Å². The number of halogens is 3. The van der Waals surface area contributed by atoms with Gasteiger partial charge in [0.15, 0.2) is 10.8 Å². The molecule has 0 amide bonds. The number of aromatic carboxylic acids is 1. The Morgan fingerprint density at radius 3 is 2.70 bits per heavy atom. The molecule has 106 valence electrons. The Balaban J connectivity index is 2.74. The number of aromatic nitrogens is 3. The van der Waals surface area contributed by atoms with E-state index in [1.165, 1.54) is 6.08 Å². The summed E-state index contributed by atoms with van der Waals surface area (Å²) in [6.07, 6.45) is -3.14. The molecule has 0 atom stereocenters. The maximum atomic E-state index is 13.0. The number of nitrogens with zero attached hydrogens (tertiary/aromatic N) is 3. The van der Waals surface area contributed by atoms with Gasteiger partial charge in [-0.3, -0.25) is 4.40 Å². The van der Waals surface area contributed by atoms with Crippen molar-refractivity contribution >= 4 is 23.4 Å². The molecule has 0 fully saturated rings. The lowest BCUT2D eigenvalue weighted by Crippen LogP contribution is -2.14. The predicted molar refractivity (Wildman–Crippen MR) is 65.9 cm³/mol. The smallest absolute Gasteiger partial charge is 0.431 e. The molecule has 2 aromatic heterocycles. The van der Waals surface area contributed by atoms with E-state index in [-0.39, 0.29) is 16.4 Å². The van der Waals surface area contributed by atoms with Crippen LogP contribution in [0.4, 0.5) is 13.2 Å². The third-order valence-corrected chi connectivity index (χ3v) is 3.30. The van der Waals surface area contributed by atoms with Gasteiger partial charge in [0.05, 0.1) is 0 Å². The number of hydrogen-bond donors (Lipinski definition) is 1. The van der Waals surface area contributed by atoms with Crippen molar-refractivity contribution in [3.05, 3.63) is 36.0 Å². The number of carboxylic acid groups (broad SMARTS) is 1. The number of carboxylic acids is 1. The van der Waals surface area contributed by atoms with E-state index in [9.17, 15) is 18.0 Å². The summed E-state index contributed by atoms with van der Waals surface area (Å²) < 4.78 is 39.6. The van der Waals surface area contributed by atoms with Gasteiger partial charge in [-0.05, 0) is 12.1 Å². The molecule has 0 saturated heterocycles. The molecule has 0 bridgehead atoms. The molecule has 2 heterocycles. The molecule has 5 nitrogen and oxygen atoms in total. The first-order valence-electron chi connectivity index (χ1n) is 5.28. The second kappa shape index (κ2) is 5.16. The van der Waals surface area contributed by atoms with Gasteiger partial charge in [0.2, 0.25) is 0 Å². The Kier molecular flexibility index (Phi) is 3.71. The molecule has 0 radical (unpaired) electrons. The summed E-state index contributed by atoms with van der Waals surface area (Å²) in [5.74, 6) is -1.04. The number of thioether (sulfide) groups is 1. The largest absolute Gasteiger partial charge is 0.478 e. The van der Waals surface area contributed by atoms with E-state index >= 15 is 0 Å². The molecule has 0 unspecified atom stereocenters. The molecule has 0 saturated carbocycles. The van der Waals surface area contributed by atoms with Crippen LogP contribution in [-0.2, 0) is 6.18 Å². The molecule has 0 spiro atoms. The highest BCUT2D eigenvalue weighted by molar-refractivity contribution is 7.99. The van der Waals surface area contributed by atoms with Crippen LogP contribution < -0.4 is 0 Å². The minimum atomic E-state index is -4.64. The van der Waals surface area contributed by atoms with E-state index in [4.69, 9.17) is 5.11 Å². The average Bonchev–Trinajstić information content (AvgIpc) is 2.77. The molecule has 2 rings (SSSR count). The first-order chi connectivity index (χ1) is 9.36. The second-order valence-corrected chi connectivity index (χ2v) is 4.66. The van der Waals surface area contributed by atoms with Gasteiger partial charge in [-0.1, -0.05) is 17.8 Å². The highest BCUT2D eigenvalue weighted by Crippen LogP contribution is 2.32. The summed E-state index contributed by atoms with van der Waals surface area (Å²) in [4.78, 5) is 11.0. The molecule has 0 aliphatic rings. The minimum Gasteiger partial charge on any atom is -0.478 e. The fourth-order valence-electron chi connectivity index (χ4n) is 1.59. The third-order valence-electron chi connectivity index (χ3n) is 2.37. The third kappa shape index (κ3) is 2.48. The number of carbonyl (C=O) groups is 1. The van der Waals surface area contributed by atoms with Crippen molar-refractivity contribution in [2.75, 3.05) is 5.75 Å². The zero-order valence-corrected chi connectivity index (χ0v) is 10.7. The minimum absolute atomic E-state index is 0.0321. The van der Waals surface area contributed by atoms with E-state index in [0.717, 1.165) is 17.8 Å². The lowest BCUT2D eigenvalue weighted by Gasteiger charge is -2.11. The molecular formula is C11H8F3N3O2S. The lowest BCUT2D eigenvalue weighted by molar-refractivity contribution is -0.142. The Morgan fingerprint density at radius 1 is 1.45 bits per heavy atom. The molecule has 9 heteroatoms. The lowest BCUT2D eigenvalue weighted by atomic mass is 10.2. The number of alkyl halides is 3. The Bertz CT molecular complexity index is 681. The topological polar surface area (TPSA) is 67.5 Å². The van der Waals surface area contributed by atoms with Crippen molar-refractivity contribution in [2.45, 2.75) is 11.3 Å². The van der Waals surface area contributed by atoms with Gasteiger partial charge in [-0.25, -0.2) is 4.79 Å². The summed E-state index contributed by atoms with van der Waals surface area (Å²) in [5.41, 5.74) is -1.69. The van der Waals surface area contributed by atoms with Crippen molar-refractivity contribution in [3.8, 4) is 0 Å². The van der Waals surface area contributed by atoms with E-state index in [1.54, 1.807) is 0 Å². The predicted octanol–water partition coefficient (Wildman–Crippen LogP) is 2.72. The number of rotatable bonds is 4. The van der Waals surface area contributed by atoms with Gasteiger partial charge in [-0.15, -0.1) is 16.8 Å². The summed E-state index contributed by atoms with van der Waals surface area (Å²) in [5, 5.41) is 16.1. The molecule has 2 aromatic rings. The van der Waals surface area contributed by atoms with Gasteiger partial charge < -0.3 is 5.11 Å². The second-order valence-electron chi connectivity index (χ2n) is 3.68. The van der Waals surface area contributed by atoms with E-state index in [1.807, 2.05) is 0 Å². The molecule has 20 heavy (non-hydrogen) atoms. The van der Waals surface area contributed by atoms with Crippen LogP contribution in [0, 0.1) is 0 Å². The van der Waals surface area contributed by atoms with Crippen LogP contribution in [0.15, 0.2) is 29.9 Å². The van der Waals surface area contributed by atoms with Crippen LogP contribution in [0.2, 0.25) is 0 Å². The van der Waals surface area contributed by atoms with Crippen LogP contribution in [0.5, 0.6) is 0 Å². The van der Waals surface area contributed by atoms with Crippen LogP contribution >= 0.6 is 11.8 Å². The van der Waals surface area contributed by atoms with Gasteiger partial charge in [0, 0.05) is 5.75 Å². The maximum Gasteiger partial charge on any atom is 0.431 e. The SMILES string of the molecule is C=CCSc1nnc2c(C(=O)O)ccc(C(F)(F)F)n12. The summed E-state index contributed by atoms with van der Waals surface area (Å²) in [7, 11) is 0. The first-order valence-corrected chi connectivity index (χ1v) is 6.27. The number of hydrogen-bond acceptors (Lipinski definition) is 4. The number of pyridine rings is 1. The van der Waals surface area contributed by atoms with Crippen LogP contribution in [0.25, 0.3) is 5.65 Å². The van der Waals surface area contributed by atoms with Crippen LogP contribution in [-0.4, -0.2) is 31.4 Å². The molecular weight excluding hydrogens is 295 g/mol. The highest BCUT2D eigenvalue weighted by Gasteiger charge is 2.35. The van der Waals surface area contributed by atoms with Crippen LogP contribution in [0.1, 0.15) is 16.1 Å². The van der Waals surface area contributed by atoms with Crippen molar-refractivity contribution < 1.29 is 23.1 Å². The Hall–Kier alpha value is -2.03. The quantitative estimate of drug-likeness (QED) is 0.695. The van der Waals surface area contributed by atoms with E-state index in [0.29, 0.717) is 16.2 Å². The standard InChI is InChI=1S/C11H8F3N3O2S/c1-2-5-20-10-16-15-8-6(9(18)19)3-4-7(17(8)10)11(12,13)14/h2-4H,1,5H2,(H,18,19). The zero-order valence-electron chi connectivity index (χ0n) is 9.89. The molecule has 0 aliphatic carbocycles. The van der Waals surface area contributed by atoms with E-state index < -0.39 is 17.8 Å². The highest BCUT2D eigenvalue weighted by atomic mass is 32.2. The van der Waals surface area contributed by atoms with Gasteiger partial charge in [0.25, 0.3) is 0 Å². The fourth-order valence-corrected chi connectivity index (χ4v) is 2.27. The molecule has 0 aliphatic heterocycles. The van der Waals surface area contributed by atoms with E-state index in [2.05, 4.69) is 16.8 Å². The maximum absolute atomic E-state index is 13.0. The normalized spacial score (nSPS) is 11.8. The fraction of sp³-hybridized carbons (Fsp3) is 0.182. The molecule has 1 N–H and O–H groups in total. The monoisotopic (exact) mass is 303 g/mol. The summed E-state index contributed by atoms with van der Waals surface area (Å²) >= 11 is 0.986. The molecule has 0 aromatic carbocycles. The van der Waals surface area contributed by atoms with Crippen LogP contribution in [0.3, 0.4) is 0 Å². The number of fused-ring (bicyclic) bond motifs is 1. The van der Waals surface area contributed by atoms with Gasteiger partial charge in [-0.2, -0.15) is 13.2 Å². The Labute approximate surface area is 115 Å². The first kappa shape index (κ1) is 14.4.